The summed E-state index contributed by atoms with van der Waals surface area (Å²) in [6, 6.07) is 10.2. The lowest BCUT2D eigenvalue weighted by Crippen LogP contribution is -2.40. The number of primary amides is 1. The van der Waals surface area contributed by atoms with Gasteiger partial charge in [0.15, 0.2) is 0 Å². The molecule has 0 saturated carbocycles. The molecule has 1 amide bonds. The second-order valence-corrected chi connectivity index (χ2v) is 7.28. The van der Waals surface area contributed by atoms with E-state index in [4.69, 9.17) is 5.73 Å². The molecule has 1 saturated heterocycles. The third-order valence-corrected chi connectivity index (χ3v) is 5.37. The Morgan fingerprint density at radius 3 is 2.96 bits per heavy atom. The molecule has 3 aromatic rings. The molecular formula is C20H23N5O. The van der Waals surface area contributed by atoms with Crippen molar-refractivity contribution < 1.29 is 4.79 Å². The summed E-state index contributed by atoms with van der Waals surface area (Å²) in [4.78, 5) is 26.4. The highest BCUT2D eigenvalue weighted by Gasteiger charge is 2.41. The van der Waals surface area contributed by atoms with E-state index in [-0.39, 0.29) is 11.2 Å². The quantitative estimate of drug-likeness (QED) is 0.758. The highest BCUT2D eigenvalue weighted by Crippen LogP contribution is 2.38. The molecule has 3 N–H and O–H groups in total. The molecule has 1 unspecified atom stereocenters. The van der Waals surface area contributed by atoms with Gasteiger partial charge in [-0.2, -0.15) is 0 Å². The van der Waals surface area contributed by atoms with Gasteiger partial charge >= 0.3 is 0 Å². The zero-order valence-electron chi connectivity index (χ0n) is 15.1. The Kier molecular flexibility index (Phi) is 4.00. The van der Waals surface area contributed by atoms with E-state index in [1.165, 1.54) is 10.9 Å². The molecule has 0 radical (unpaired) electrons. The van der Waals surface area contributed by atoms with Crippen LogP contribution in [0, 0.1) is 6.92 Å². The second kappa shape index (κ2) is 6.21. The van der Waals surface area contributed by atoms with Crippen molar-refractivity contribution >= 4 is 16.8 Å². The van der Waals surface area contributed by atoms with Crippen LogP contribution in [0.2, 0.25) is 0 Å². The van der Waals surface area contributed by atoms with Gasteiger partial charge in [-0.1, -0.05) is 12.1 Å². The van der Waals surface area contributed by atoms with Gasteiger partial charge in [0.1, 0.15) is 11.5 Å². The normalized spacial score (nSPS) is 20.7. The Bertz CT molecular complexity index is 979. The van der Waals surface area contributed by atoms with Crippen molar-refractivity contribution in [3.63, 3.8) is 0 Å². The predicted molar refractivity (Wildman–Crippen MR) is 101 cm³/mol. The van der Waals surface area contributed by atoms with Gasteiger partial charge in [0.05, 0.1) is 5.54 Å². The van der Waals surface area contributed by atoms with E-state index in [0.717, 1.165) is 37.1 Å². The SMILES string of the molecule is Cc1cc(C(N)=O)nc(C2(C)CCCN2Cc2ccc3cc[nH]c3c2)n1. The number of aromatic nitrogens is 3. The minimum atomic E-state index is -0.512. The fourth-order valence-electron chi connectivity index (χ4n) is 3.88. The monoisotopic (exact) mass is 349 g/mol. The summed E-state index contributed by atoms with van der Waals surface area (Å²) >= 11 is 0. The largest absolute Gasteiger partial charge is 0.364 e. The summed E-state index contributed by atoms with van der Waals surface area (Å²) < 4.78 is 0. The molecule has 1 aromatic carbocycles. The van der Waals surface area contributed by atoms with E-state index in [1.54, 1.807) is 6.07 Å². The van der Waals surface area contributed by atoms with Gasteiger partial charge in [0.25, 0.3) is 5.91 Å². The molecule has 2 aromatic heterocycles. The molecule has 3 heterocycles. The van der Waals surface area contributed by atoms with E-state index >= 15 is 0 Å². The number of nitrogens with zero attached hydrogens (tertiary/aromatic N) is 3. The number of nitrogens with two attached hydrogens (primary N) is 1. The molecule has 26 heavy (non-hydrogen) atoms. The van der Waals surface area contributed by atoms with Gasteiger partial charge < -0.3 is 10.7 Å². The van der Waals surface area contributed by atoms with Crippen molar-refractivity contribution in [1.29, 1.82) is 0 Å². The van der Waals surface area contributed by atoms with Gasteiger partial charge in [-0.25, -0.2) is 9.97 Å². The van der Waals surface area contributed by atoms with Crippen LogP contribution in [0.3, 0.4) is 0 Å². The number of fused-ring (bicyclic) bond motifs is 1. The van der Waals surface area contributed by atoms with E-state index in [1.807, 2.05) is 13.1 Å². The van der Waals surface area contributed by atoms with E-state index < -0.39 is 5.91 Å². The predicted octanol–water partition coefficient (Wildman–Crippen LogP) is 2.88. The summed E-state index contributed by atoms with van der Waals surface area (Å²) in [6.07, 6.45) is 3.99. The fourth-order valence-corrected chi connectivity index (χ4v) is 3.88. The molecule has 1 aliphatic heterocycles. The summed E-state index contributed by atoms with van der Waals surface area (Å²) in [5.41, 5.74) is 8.59. The first-order chi connectivity index (χ1) is 12.5. The number of aryl methyl sites for hydroxylation is 1. The van der Waals surface area contributed by atoms with Crippen molar-refractivity contribution in [1.82, 2.24) is 19.9 Å². The van der Waals surface area contributed by atoms with Crippen LogP contribution in [0.1, 0.15) is 47.3 Å². The highest BCUT2D eigenvalue weighted by atomic mass is 16.1. The number of amides is 1. The van der Waals surface area contributed by atoms with Crippen molar-refractivity contribution in [3.8, 4) is 0 Å². The second-order valence-electron chi connectivity index (χ2n) is 7.28. The number of benzene rings is 1. The molecule has 134 valence electrons. The Hall–Kier alpha value is -2.73. The maximum Gasteiger partial charge on any atom is 0.267 e. The Morgan fingerprint density at radius 2 is 2.15 bits per heavy atom. The van der Waals surface area contributed by atoms with E-state index in [9.17, 15) is 4.79 Å². The highest BCUT2D eigenvalue weighted by molar-refractivity contribution is 5.90. The van der Waals surface area contributed by atoms with Crippen molar-refractivity contribution in [2.24, 2.45) is 5.73 Å². The molecule has 1 aliphatic rings. The number of nitrogens with one attached hydrogen (secondary N) is 1. The number of carbonyl (C=O) groups excluding carboxylic acids is 1. The fraction of sp³-hybridized carbons (Fsp3) is 0.350. The molecular weight excluding hydrogens is 326 g/mol. The Morgan fingerprint density at radius 1 is 1.31 bits per heavy atom. The third kappa shape index (κ3) is 2.86. The first-order valence-corrected chi connectivity index (χ1v) is 8.93. The lowest BCUT2D eigenvalue weighted by atomic mass is 9.96. The number of carbonyl (C=O) groups is 1. The number of H-pyrrole nitrogens is 1. The Labute approximate surface area is 152 Å². The number of likely N-dealkylation sites (tertiary alicyclic amines) is 1. The summed E-state index contributed by atoms with van der Waals surface area (Å²) in [5.74, 6) is 0.173. The van der Waals surface area contributed by atoms with E-state index in [2.05, 4.69) is 51.0 Å². The van der Waals surface area contributed by atoms with Crippen LogP contribution < -0.4 is 5.73 Å². The molecule has 4 rings (SSSR count). The zero-order valence-corrected chi connectivity index (χ0v) is 15.1. The van der Waals surface area contributed by atoms with E-state index in [0.29, 0.717) is 5.82 Å². The van der Waals surface area contributed by atoms with Gasteiger partial charge in [0.2, 0.25) is 0 Å². The molecule has 1 fully saturated rings. The van der Waals surface area contributed by atoms with Crippen molar-refractivity contribution in [3.05, 3.63) is 59.3 Å². The summed E-state index contributed by atoms with van der Waals surface area (Å²) in [6.45, 7) is 5.82. The Balaban J connectivity index is 1.67. The third-order valence-electron chi connectivity index (χ3n) is 5.37. The smallest absolute Gasteiger partial charge is 0.267 e. The van der Waals surface area contributed by atoms with Crippen LogP contribution in [0.5, 0.6) is 0 Å². The number of rotatable bonds is 4. The van der Waals surface area contributed by atoms with Crippen LogP contribution in [0.25, 0.3) is 10.9 Å². The summed E-state index contributed by atoms with van der Waals surface area (Å²) in [5, 5.41) is 1.21. The maximum absolute atomic E-state index is 11.6. The topological polar surface area (TPSA) is 87.9 Å². The van der Waals surface area contributed by atoms with Crippen LogP contribution in [0.15, 0.2) is 36.5 Å². The zero-order chi connectivity index (χ0) is 18.3. The molecule has 0 aliphatic carbocycles. The number of hydrogen-bond acceptors (Lipinski definition) is 4. The maximum atomic E-state index is 11.6. The first-order valence-electron chi connectivity index (χ1n) is 8.93. The van der Waals surface area contributed by atoms with Crippen LogP contribution in [-0.2, 0) is 12.1 Å². The van der Waals surface area contributed by atoms with Gasteiger partial charge in [-0.3, -0.25) is 9.69 Å². The number of hydrogen-bond donors (Lipinski definition) is 2. The van der Waals surface area contributed by atoms with Gasteiger partial charge in [0, 0.05) is 24.0 Å². The molecule has 0 spiro atoms. The van der Waals surface area contributed by atoms with Crippen LogP contribution >= 0.6 is 0 Å². The van der Waals surface area contributed by atoms with Crippen LogP contribution in [-0.4, -0.2) is 32.3 Å². The molecule has 6 heteroatoms. The minimum absolute atomic E-state index is 0.286. The first kappa shape index (κ1) is 16.7. The molecule has 1 atom stereocenters. The molecule has 6 nitrogen and oxygen atoms in total. The minimum Gasteiger partial charge on any atom is -0.364 e. The van der Waals surface area contributed by atoms with Crippen molar-refractivity contribution in [2.75, 3.05) is 6.54 Å². The van der Waals surface area contributed by atoms with Gasteiger partial charge in [-0.05, 0) is 62.4 Å². The van der Waals surface area contributed by atoms with Crippen LogP contribution in [0.4, 0.5) is 0 Å². The lowest BCUT2D eigenvalue weighted by molar-refractivity contribution is 0.0991. The average Bonchev–Trinajstić information content (AvgIpc) is 3.21. The number of aromatic amines is 1. The van der Waals surface area contributed by atoms with Gasteiger partial charge in [-0.15, -0.1) is 0 Å². The standard InChI is InChI=1S/C20H23N5O/c1-13-10-17(18(21)26)24-19(23-13)20(2)7-3-9-25(20)12-14-4-5-15-6-8-22-16(15)11-14/h4-6,8,10-11,22H,3,7,9,12H2,1-2H3,(H2,21,26). The summed E-state index contributed by atoms with van der Waals surface area (Å²) in [7, 11) is 0. The average molecular weight is 349 g/mol. The molecule has 0 bridgehead atoms. The lowest BCUT2D eigenvalue weighted by Gasteiger charge is -2.34. The van der Waals surface area contributed by atoms with Crippen molar-refractivity contribution in [2.45, 2.75) is 38.8 Å².